The first kappa shape index (κ1) is 20.0. The molecule has 0 amide bonds. The van der Waals surface area contributed by atoms with Crippen molar-refractivity contribution in [3.05, 3.63) is 59.7 Å². The number of rotatable bonds is 7. The average Bonchev–Trinajstić information content (AvgIpc) is 3.11. The molecule has 0 radical (unpaired) electrons. The SMILES string of the molecule is CCn1c(SC(C)C(=O)c2ccc(F)c(F)c2)nnc1-c1ccccc1OC. The standard InChI is InChI=1S/C20H19F2N3O2S/c1-4-25-19(14-7-5-6-8-17(14)27-3)23-24-20(25)28-12(2)18(26)13-9-10-15(21)16(22)11-13/h5-12H,4H2,1-3H3. The normalized spacial score (nSPS) is 12.0. The van der Waals surface area contributed by atoms with E-state index in [1.54, 1.807) is 14.0 Å². The van der Waals surface area contributed by atoms with Crippen LogP contribution in [0, 0.1) is 11.6 Å². The molecule has 1 aromatic heterocycles. The van der Waals surface area contributed by atoms with Crippen LogP contribution >= 0.6 is 11.8 Å². The third kappa shape index (κ3) is 3.91. The van der Waals surface area contributed by atoms with Crippen molar-refractivity contribution in [2.75, 3.05) is 7.11 Å². The topological polar surface area (TPSA) is 57.0 Å². The number of ether oxygens (including phenoxy) is 1. The number of halogens is 2. The van der Waals surface area contributed by atoms with E-state index in [1.165, 1.54) is 17.8 Å². The number of carbonyl (C=O) groups excluding carboxylic acids is 1. The van der Waals surface area contributed by atoms with Crippen molar-refractivity contribution in [1.29, 1.82) is 0 Å². The van der Waals surface area contributed by atoms with Crippen molar-refractivity contribution < 1.29 is 18.3 Å². The monoisotopic (exact) mass is 403 g/mol. The minimum atomic E-state index is -1.04. The zero-order valence-electron chi connectivity index (χ0n) is 15.6. The Bertz CT molecular complexity index is 1010. The molecule has 28 heavy (non-hydrogen) atoms. The van der Waals surface area contributed by atoms with Gasteiger partial charge in [-0.25, -0.2) is 8.78 Å². The fourth-order valence-electron chi connectivity index (χ4n) is 2.79. The lowest BCUT2D eigenvalue weighted by molar-refractivity contribution is 0.0993. The molecular formula is C20H19F2N3O2S. The first-order chi connectivity index (χ1) is 13.5. The molecule has 0 bridgehead atoms. The summed E-state index contributed by atoms with van der Waals surface area (Å²) in [6.07, 6.45) is 0. The van der Waals surface area contributed by atoms with E-state index in [2.05, 4.69) is 10.2 Å². The molecule has 3 rings (SSSR count). The molecule has 3 aromatic rings. The third-order valence-corrected chi connectivity index (χ3v) is 5.32. The first-order valence-electron chi connectivity index (χ1n) is 8.68. The van der Waals surface area contributed by atoms with Gasteiger partial charge >= 0.3 is 0 Å². The fraction of sp³-hybridized carbons (Fsp3) is 0.250. The second-order valence-corrected chi connectivity index (χ2v) is 7.31. The number of Topliss-reactive ketones (excluding diaryl/α,β-unsaturated/α-hetero) is 1. The van der Waals surface area contributed by atoms with E-state index in [4.69, 9.17) is 4.74 Å². The Morgan fingerprint density at radius 2 is 1.93 bits per heavy atom. The predicted molar refractivity (Wildman–Crippen MR) is 104 cm³/mol. The van der Waals surface area contributed by atoms with Gasteiger partial charge < -0.3 is 9.30 Å². The van der Waals surface area contributed by atoms with Gasteiger partial charge in [0, 0.05) is 12.1 Å². The van der Waals surface area contributed by atoms with Gasteiger partial charge in [0.1, 0.15) is 5.75 Å². The lowest BCUT2D eigenvalue weighted by atomic mass is 10.1. The van der Waals surface area contributed by atoms with Gasteiger partial charge in [0.2, 0.25) is 0 Å². The maximum absolute atomic E-state index is 13.4. The molecule has 2 aromatic carbocycles. The minimum absolute atomic E-state index is 0.117. The molecule has 0 N–H and O–H groups in total. The Balaban J connectivity index is 1.87. The zero-order chi connectivity index (χ0) is 20.3. The van der Waals surface area contributed by atoms with E-state index >= 15 is 0 Å². The maximum Gasteiger partial charge on any atom is 0.192 e. The molecule has 1 atom stereocenters. The molecule has 0 aliphatic carbocycles. The van der Waals surface area contributed by atoms with Gasteiger partial charge in [-0.15, -0.1) is 10.2 Å². The number of aromatic nitrogens is 3. The molecule has 0 saturated heterocycles. The van der Waals surface area contributed by atoms with Crippen LogP contribution in [0.1, 0.15) is 24.2 Å². The first-order valence-corrected chi connectivity index (χ1v) is 9.56. The minimum Gasteiger partial charge on any atom is -0.496 e. The molecule has 0 saturated carbocycles. The number of ketones is 1. The third-order valence-electron chi connectivity index (χ3n) is 4.24. The number of benzene rings is 2. The van der Waals surface area contributed by atoms with Gasteiger partial charge in [0.25, 0.3) is 0 Å². The van der Waals surface area contributed by atoms with Crippen LogP contribution in [0.3, 0.4) is 0 Å². The number of hydrogen-bond acceptors (Lipinski definition) is 5. The molecule has 5 nitrogen and oxygen atoms in total. The van der Waals surface area contributed by atoms with Gasteiger partial charge in [-0.3, -0.25) is 4.79 Å². The number of nitrogens with zero attached hydrogens (tertiary/aromatic N) is 3. The van der Waals surface area contributed by atoms with E-state index in [-0.39, 0.29) is 11.3 Å². The molecule has 0 fully saturated rings. The summed E-state index contributed by atoms with van der Waals surface area (Å²) in [5.41, 5.74) is 0.914. The average molecular weight is 403 g/mol. The highest BCUT2D eigenvalue weighted by Crippen LogP contribution is 2.32. The van der Waals surface area contributed by atoms with Crippen molar-refractivity contribution in [3.8, 4) is 17.1 Å². The second-order valence-electron chi connectivity index (χ2n) is 6.00. The highest BCUT2D eigenvalue weighted by atomic mass is 32.2. The number of para-hydroxylation sites is 1. The van der Waals surface area contributed by atoms with Crippen molar-refractivity contribution in [2.45, 2.75) is 30.8 Å². The van der Waals surface area contributed by atoms with Crippen molar-refractivity contribution >= 4 is 17.5 Å². The fourth-order valence-corrected chi connectivity index (χ4v) is 3.78. The quantitative estimate of drug-likeness (QED) is 0.426. The van der Waals surface area contributed by atoms with Gasteiger partial charge in [-0.2, -0.15) is 0 Å². The highest BCUT2D eigenvalue weighted by molar-refractivity contribution is 8.00. The second kappa shape index (κ2) is 8.52. The Morgan fingerprint density at radius 1 is 1.18 bits per heavy atom. The summed E-state index contributed by atoms with van der Waals surface area (Å²) in [5.74, 6) is -1.03. The van der Waals surface area contributed by atoms with Gasteiger partial charge in [0.05, 0.1) is 17.9 Å². The Hall–Kier alpha value is -2.74. The van der Waals surface area contributed by atoms with Crippen molar-refractivity contribution in [2.24, 2.45) is 0 Å². The summed E-state index contributed by atoms with van der Waals surface area (Å²) in [4.78, 5) is 12.6. The summed E-state index contributed by atoms with van der Waals surface area (Å²) >= 11 is 1.22. The lowest BCUT2D eigenvalue weighted by Crippen LogP contribution is -2.15. The Kier molecular flexibility index (Phi) is 6.08. The van der Waals surface area contributed by atoms with Crippen LogP contribution < -0.4 is 4.74 Å². The summed E-state index contributed by atoms with van der Waals surface area (Å²) in [6, 6.07) is 10.6. The summed E-state index contributed by atoms with van der Waals surface area (Å²) < 4.78 is 33.8. The van der Waals surface area contributed by atoms with Crippen LogP contribution in [-0.2, 0) is 6.54 Å². The molecule has 8 heteroatoms. The molecule has 0 aliphatic rings. The summed E-state index contributed by atoms with van der Waals surface area (Å²) in [7, 11) is 1.59. The Labute approximate surface area is 165 Å². The van der Waals surface area contributed by atoms with Crippen LogP contribution in [0.4, 0.5) is 8.78 Å². The van der Waals surface area contributed by atoms with Crippen molar-refractivity contribution in [1.82, 2.24) is 14.8 Å². The van der Waals surface area contributed by atoms with E-state index in [0.717, 1.165) is 17.7 Å². The number of methoxy groups -OCH3 is 1. The number of hydrogen-bond donors (Lipinski definition) is 0. The molecular weight excluding hydrogens is 384 g/mol. The molecule has 1 heterocycles. The van der Waals surface area contributed by atoms with Crippen LogP contribution in [-0.4, -0.2) is 32.9 Å². The van der Waals surface area contributed by atoms with Gasteiger partial charge in [-0.05, 0) is 44.2 Å². The van der Waals surface area contributed by atoms with Crippen molar-refractivity contribution in [3.63, 3.8) is 0 Å². The van der Waals surface area contributed by atoms with E-state index in [1.807, 2.05) is 35.8 Å². The van der Waals surface area contributed by atoms with Gasteiger partial charge in [-0.1, -0.05) is 23.9 Å². The van der Waals surface area contributed by atoms with E-state index in [0.29, 0.717) is 23.3 Å². The van der Waals surface area contributed by atoms with Crippen LogP contribution in [0.25, 0.3) is 11.4 Å². The number of carbonyl (C=O) groups is 1. The van der Waals surface area contributed by atoms with Gasteiger partial charge in [0.15, 0.2) is 28.4 Å². The molecule has 1 unspecified atom stereocenters. The largest absolute Gasteiger partial charge is 0.496 e. The number of thioether (sulfide) groups is 1. The Morgan fingerprint density at radius 3 is 2.61 bits per heavy atom. The predicted octanol–water partition coefficient (Wildman–Crippen LogP) is 4.62. The summed E-state index contributed by atoms with van der Waals surface area (Å²) in [6.45, 7) is 4.24. The van der Waals surface area contributed by atoms with E-state index in [9.17, 15) is 13.6 Å². The van der Waals surface area contributed by atoms with Crippen LogP contribution in [0.15, 0.2) is 47.6 Å². The zero-order valence-corrected chi connectivity index (χ0v) is 16.5. The van der Waals surface area contributed by atoms with Crippen LogP contribution in [0.5, 0.6) is 5.75 Å². The highest BCUT2D eigenvalue weighted by Gasteiger charge is 2.23. The smallest absolute Gasteiger partial charge is 0.192 e. The molecule has 0 aliphatic heterocycles. The summed E-state index contributed by atoms with van der Waals surface area (Å²) in [5, 5.41) is 8.50. The van der Waals surface area contributed by atoms with E-state index < -0.39 is 16.9 Å². The van der Waals surface area contributed by atoms with Crippen LogP contribution in [0.2, 0.25) is 0 Å². The molecule has 146 valence electrons. The maximum atomic E-state index is 13.4. The lowest BCUT2D eigenvalue weighted by Gasteiger charge is -2.13. The molecule has 0 spiro atoms.